The smallest absolute Gasteiger partial charge is 0.246 e. The molecule has 126 valence electrons. The predicted octanol–water partition coefficient (Wildman–Crippen LogP) is 2.25. The van der Waals surface area contributed by atoms with Crippen molar-refractivity contribution in [3.05, 3.63) is 55.1 Å². The van der Waals surface area contributed by atoms with Crippen LogP contribution in [-0.4, -0.2) is 49.2 Å². The van der Waals surface area contributed by atoms with Gasteiger partial charge in [0.2, 0.25) is 15.9 Å². The lowest BCUT2D eigenvalue weighted by Gasteiger charge is -2.38. The summed E-state index contributed by atoms with van der Waals surface area (Å²) in [6.07, 6.45) is 1.27. The number of carbonyl (C=O) groups is 1. The molecule has 0 spiro atoms. The van der Waals surface area contributed by atoms with Crippen molar-refractivity contribution in [2.45, 2.75) is 17.9 Å². The summed E-state index contributed by atoms with van der Waals surface area (Å²) in [7, 11) is -3.62. The van der Waals surface area contributed by atoms with Gasteiger partial charge in [0.1, 0.15) is 0 Å². The van der Waals surface area contributed by atoms with E-state index in [2.05, 4.69) is 6.58 Å². The molecule has 2 aromatic rings. The Hall–Kier alpha value is -2.18. The van der Waals surface area contributed by atoms with Gasteiger partial charge >= 0.3 is 0 Å². The standard InChI is InChI=1S/C18H20N2O3S/c1-3-18(21)19-11-12-20(14(2)13-19)24(22,23)17-10-6-8-15-7-4-5-9-16(15)17/h3-10,14H,1,11-13H2,2H3/t14-/m0/s1. The minimum absolute atomic E-state index is 0.163. The zero-order valence-electron chi connectivity index (χ0n) is 13.6. The van der Waals surface area contributed by atoms with E-state index in [0.717, 1.165) is 10.8 Å². The summed E-state index contributed by atoms with van der Waals surface area (Å²) in [6.45, 7) is 6.34. The van der Waals surface area contributed by atoms with E-state index in [-0.39, 0.29) is 18.5 Å². The molecule has 6 heteroatoms. The van der Waals surface area contributed by atoms with Crippen LogP contribution in [0.2, 0.25) is 0 Å². The Morgan fingerprint density at radius 3 is 2.58 bits per heavy atom. The molecular formula is C18H20N2O3S. The second-order valence-corrected chi connectivity index (χ2v) is 7.79. The number of piperazine rings is 1. The van der Waals surface area contributed by atoms with E-state index >= 15 is 0 Å². The van der Waals surface area contributed by atoms with Crippen molar-refractivity contribution in [2.24, 2.45) is 0 Å². The molecular weight excluding hydrogens is 324 g/mol. The molecule has 1 heterocycles. The maximum absolute atomic E-state index is 13.2. The van der Waals surface area contributed by atoms with Crippen molar-refractivity contribution in [3.63, 3.8) is 0 Å². The zero-order valence-corrected chi connectivity index (χ0v) is 14.4. The fraction of sp³-hybridized carbons (Fsp3) is 0.278. The fourth-order valence-electron chi connectivity index (χ4n) is 3.17. The number of hydrogen-bond donors (Lipinski definition) is 0. The highest BCUT2D eigenvalue weighted by molar-refractivity contribution is 7.89. The summed E-state index contributed by atoms with van der Waals surface area (Å²) in [5.41, 5.74) is 0. The van der Waals surface area contributed by atoms with Crippen LogP contribution in [0.4, 0.5) is 0 Å². The molecule has 2 aromatic carbocycles. The number of carbonyl (C=O) groups excluding carboxylic acids is 1. The summed E-state index contributed by atoms with van der Waals surface area (Å²) < 4.78 is 27.8. The maximum Gasteiger partial charge on any atom is 0.246 e. The molecule has 5 nitrogen and oxygen atoms in total. The lowest BCUT2D eigenvalue weighted by molar-refractivity contribution is -0.127. The number of fused-ring (bicyclic) bond motifs is 1. The van der Waals surface area contributed by atoms with E-state index < -0.39 is 10.0 Å². The van der Waals surface area contributed by atoms with Crippen molar-refractivity contribution in [1.29, 1.82) is 0 Å². The Balaban J connectivity index is 1.96. The van der Waals surface area contributed by atoms with E-state index in [0.29, 0.717) is 18.0 Å². The molecule has 0 aliphatic carbocycles. The SMILES string of the molecule is C=CC(=O)N1CCN(S(=O)(=O)c2cccc3ccccc23)[C@@H](C)C1. The number of nitrogens with zero attached hydrogens (tertiary/aromatic N) is 2. The minimum Gasteiger partial charge on any atom is -0.336 e. The van der Waals surface area contributed by atoms with Gasteiger partial charge in [-0.1, -0.05) is 43.0 Å². The maximum atomic E-state index is 13.2. The lowest BCUT2D eigenvalue weighted by atomic mass is 10.1. The fourth-order valence-corrected chi connectivity index (χ4v) is 5.00. The second kappa shape index (κ2) is 6.37. The van der Waals surface area contributed by atoms with Crippen molar-refractivity contribution >= 4 is 26.7 Å². The zero-order chi connectivity index (χ0) is 17.3. The molecule has 1 aliphatic heterocycles. The van der Waals surface area contributed by atoms with Crippen molar-refractivity contribution in [1.82, 2.24) is 9.21 Å². The van der Waals surface area contributed by atoms with Gasteiger partial charge in [0.25, 0.3) is 0 Å². The van der Waals surface area contributed by atoms with Gasteiger partial charge in [-0.2, -0.15) is 4.31 Å². The summed E-state index contributed by atoms with van der Waals surface area (Å²) in [5, 5.41) is 1.61. The third kappa shape index (κ3) is 2.83. The first-order chi connectivity index (χ1) is 11.4. The van der Waals surface area contributed by atoms with Gasteiger partial charge in [0, 0.05) is 31.1 Å². The van der Waals surface area contributed by atoms with Crippen LogP contribution in [0.25, 0.3) is 10.8 Å². The van der Waals surface area contributed by atoms with Crippen LogP contribution in [0.1, 0.15) is 6.92 Å². The van der Waals surface area contributed by atoms with Crippen LogP contribution in [-0.2, 0) is 14.8 Å². The highest BCUT2D eigenvalue weighted by Gasteiger charge is 2.35. The topological polar surface area (TPSA) is 57.7 Å². The summed E-state index contributed by atoms with van der Waals surface area (Å²) in [5.74, 6) is -0.163. The number of hydrogen-bond acceptors (Lipinski definition) is 3. The molecule has 0 N–H and O–H groups in total. The number of amides is 1. The Labute approximate surface area is 142 Å². The van der Waals surface area contributed by atoms with Gasteiger partial charge < -0.3 is 4.90 Å². The summed E-state index contributed by atoms with van der Waals surface area (Å²) >= 11 is 0. The molecule has 0 radical (unpaired) electrons. The number of benzene rings is 2. The highest BCUT2D eigenvalue weighted by atomic mass is 32.2. The normalized spacial score (nSPS) is 19.4. The highest BCUT2D eigenvalue weighted by Crippen LogP contribution is 2.28. The summed E-state index contributed by atoms with van der Waals surface area (Å²) in [6, 6.07) is 12.5. The molecule has 3 rings (SSSR count). The van der Waals surface area contributed by atoms with Crippen molar-refractivity contribution in [3.8, 4) is 0 Å². The Morgan fingerprint density at radius 1 is 1.17 bits per heavy atom. The van der Waals surface area contributed by atoms with Crippen LogP contribution >= 0.6 is 0 Å². The van der Waals surface area contributed by atoms with Crippen LogP contribution < -0.4 is 0 Å². The third-order valence-corrected chi connectivity index (χ3v) is 6.46. The molecule has 0 unspecified atom stereocenters. The van der Waals surface area contributed by atoms with E-state index in [1.165, 1.54) is 10.4 Å². The monoisotopic (exact) mass is 344 g/mol. The minimum atomic E-state index is -3.62. The molecule has 0 aromatic heterocycles. The molecule has 1 atom stereocenters. The Kier molecular flexibility index (Phi) is 4.43. The van der Waals surface area contributed by atoms with E-state index in [1.807, 2.05) is 37.3 Å². The predicted molar refractivity (Wildman–Crippen MR) is 94.1 cm³/mol. The van der Waals surface area contributed by atoms with Gasteiger partial charge in [-0.15, -0.1) is 0 Å². The quantitative estimate of drug-likeness (QED) is 0.803. The number of sulfonamides is 1. The average Bonchev–Trinajstić information content (AvgIpc) is 2.60. The molecule has 0 saturated carbocycles. The molecule has 24 heavy (non-hydrogen) atoms. The Bertz CT molecular complexity index is 887. The van der Waals surface area contributed by atoms with E-state index in [9.17, 15) is 13.2 Å². The first kappa shape index (κ1) is 16.7. The summed E-state index contributed by atoms with van der Waals surface area (Å²) in [4.78, 5) is 13.7. The first-order valence-corrected chi connectivity index (χ1v) is 9.30. The van der Waals surface area contributed by atoms with E-state index in [1.54, 1.807) is 17.0 Å². The van der Waals surface area contributed by atoms with Crippen LogP contribution in [0.15, 0.2) is 60.0 Å². The molecule has 1 amide bonds. The third-order valence-electron chi connectivity index (χ3n) is 4.39. The van der Waals surface area contributed by atoms with Crippen LogP contribution in [0.3, 0.4) is 0 Å². The van der Waals surface area contributed by atoms with Gasteiger partial charge in [-0.3, -0.25) is 4.79 Å². The van der Waals surface area contributed by atoms with Gasteiger partial charge in [-0.05, 0) is 24.5 Å². The lowest BCUT2D eigenvalue weighted by Crippen LogP contribution is -2.55. The Morgan fingerprint density at radius 2 is 1.88 bits per heavy atom. The largest absolute Gasteiger partial charge is 0.336 e. The second-order valence-electron chi connectivity index (χ2n) is 5.93. The van der Waals surface area contributed by atoms with Gasteiger partial charge in [-0.25, -0.2) is 8.42 Å². The van der Waals surface area contributed by atoms with Crippen molar-refractivity contribution in [2.75, 3.05) is 19.6 Å². The first-order valence-electron chi connectivity index (χ1n) is 7.86. The molecule has 0 bridgehead atoms. The van der Waals surface area contributed by atoms with Crippen molar-refractivity contribution < 1.29 is 13.2 Å². The average molecular weight is 344 g/mol. The van der Waals surface area contributed by atoms with Crippen LogP contribution in [0, 0.1) is 0 Å². The molecule has 1 aliphatic rings. The molecule has 1 fully saturated rings. The van der Waals surface area contributed by atoms with E-state index in [4.69, 9.17) is 0 Å². The van der Waals surface area contributed by atoms with Gasteiger partial charge in [0.05, 0.1) is 4.90 Å². The number of rotatable bonds is 3. The van der Waals surface area contributed by atoms with Gasteiger partial charge in [0.15, 0.2) is 0 Å². The van der Waals surface area contributed by atoms with Crippen LogP contribution in [0.5, 0.6) is 0 Å². The molecule has 1 saturated heterocycles.